The van der Waals surface area contributed by atoms with Gasteiger partial charge in [0.2, 0.25) is 0 Å². The summed E-state index contributed by atoms with van der Waals surface area (Å²) in [5, 5.41) is 17.0. The summed E-state index contributed by atoms with van der Waals surface area (Å²) in [6.07, 6.45) is 0.916. The average Bonchev–Trinajstić information content (AvgIpc) is 3.14. The number of carbonyl (C=O) groups excluding carboxylic acids is 1. The molecular weight excluding hydrogens is 322 g/mol. The molecule has 0 bridgehead atoms. The van der Waals surface area contributed by atoms with Crippen molar-refractivity contribution >= 4 is 28.8 Å². The van der Waals surface area contributed by atoms with Gasteiger partial charge in [0, 0.05) is 37.8 Å². The van der Waals surface area contributed by atoms with Crippen molar-refractivity contribution in [3.8, 4) is 11.5 Å². The number of aliphatic imine (C=N–C) groups is 2. The second-order valence-corrected chi connectivity index (χ2v) is 6.52. The maximum Gasteiger partial charge on any atom is 0.294 e. The summed E-state index contributed by atoms with van der Waals surface area (Å²) in [7, 11) is 0. The third kappa shape index (κ3) is 2.67. The molecule has 3 heterocycles. The summed E-state index contributed by atoms with van der Waals surface area (Å²) in [6.45, 7) is 6.58. The number of hydrazine groups is 1. The van der Waals surface area contributed by atoms with Crippen LogP contribution < -0.4 is 10.1 Å². The van der Waals surface area contributed by atoms with E-state index in [4.69, 9.17) is 4.74 Å². The Labute approximate surface area is 145 Å². The number of aromatic hydroxyl groups is 1. The monoisotopic (exact) mass is 343 g/mol. The van der Waals surface area contributed by atoms with Crippen molar-refractivity contribution in [1.82, 2.24) is 10.0 Å². The molecule has 132 valence electrons. The highest BCUT2D eigenvalue weighted by atomic mass is 16.5. The molecule has 0 aliphatic carbocycles. The Morgan fingerprint density at radius 3 is 2.88 bits per heavy atom. The van der Waals surface area contributed by atoms with Crippen LogP contribution in [0.5, 0.6) is 11.5 Å². The van der Waals surface area contributed by atoms with Crippen molar-refractivity contribution in [1.29, 1.82) is 0 Å². The van der Waals surface area contributed by atoms with Crippen LogP contribution in [-0.4, -0.2) is 64.9 Å². The Kier molecular flexibility index (Phi) is 3.74. The number of nitrogens with one attached hydrogen (secondary N) is 1. The van der Waals surface area contributed by atoms with E-state index in [0.29, 0.717) is 37.0 Å². The summed E-state index contributed by atoms with van der Waals surface area (Å²) in [5.74, 6) is 1.03. The van der Waals surface area contributed by atoms with E-state index in [2.05, 4.69) is 15.3 Å². The Bertz CT molecular complexity index is 787. The number of nitrogens with zero attached hydrogens (tertiary/aromatic N) is 4. The molecule has 25 heavy (non-hydrogen) atoms. The van der Waals surface area contributed by atoms with Gasteiger partial charge < -0.3 is 15.2 Å². The predicted molar refractivity (Wildman–Crippen MR) is 94.8 cm³/mol. The molecule has 2 fully saturated rings. The summed E-state index contributed by atoms with van der Waals surface area (Å²) >= 11 is 0. The van der Waals surface area contributed by atoms with Gasteiger partial charge in [-0.05, 0) is 20.3 Å². The second kappa shape index (κ2) is 5.94. The van der Waals surface area contributed by atoms with E-state index >= 15 is 0 Å². The fraction of sp³-hybridized carbons (Fsp3) is 0.471. The minimum Gasteiger partial charge on any atom is -0.506 e. The number of phenols is 1. The number of phenolic OH excluding ortho intramolecular Hbond substituents is 1. The van der Waals surface area contributed by atoms with Crippen molar-refractivity contribution in [2.45, 2.75) is 26.3 Å². The zero-order valence-electron chi connectivity index (χ0n) is 14.3. The number of ether oxygens (including phenoxy) is 1. The van der Waals surface area contributed by atoms with Gasteiger partial charge in [0.25, 0.3) is 5.91 Å². The first-order valence-electron chi connectivity index (χ1n) is 8.54. The van der Waals surface area contributed by atoms with Gasteiger partial charge in [0.1, 0.15) is 23.8 Å². The molecule has 1 aromatic carbocycles. The third-order valence-electron chi connectivity index (χ3n) is 4.29. The Morgan fingerprint density at radius 1 is 1.28 bits per heavy atom. The Balaban J connectivity index is 1.78. The minimum atomic E-state index is -0.173. The Morgan fingerprint density at radius 2 is 2.08 bits per heavy atom. The largest absolute Gasteiger partial charge is 0.506 e. The lowest BCUT2D eigenvalue weighted by molar-refractivity contribution is -0.129. The van der Waals surface area contributed by atoms with Gasteiger partial charge in [-0.1, -0.05) is 0 Å². The summed E-state index contributed by atoms with van der Waals surface area (Å²) < 4.78 is 5.60. The van der Waals surface area contributed by atoms with Gasteiger partial charge in [0.05, 0.1) is 5.69 Å². The van der Waals surface area contributed by atoms with Crippen molar-refractivity contribution < 1.29 is 14.6 Å². The molecule has 8 heteroatoms. The molecule has 0 radical (unpaired) electrons. The van der Waals surface area contributed by atoms with Crippen molar-refractivity contribution in [3.63, 3.8) is 0 Å². The smallest absolute Gasteiger partial charge is 0.294 e. The number of anilines is 1. The maximum absolute atomic E-state index is 12.7. The molecule has 0 unspecified atom stereocenters. The first-order chi connectivity index (χ1) is 12.0. The molecule has 8 nitrogen and oxygen atoms in total. The van der Waals surface area contributed by atoms with Gasteiger partial charge in [-0.2, -0.15) is 0 Å². The number of amidine groups is 1. The highest BCUT2D eigenvalue weighted by molar-refractivity contribution is 6.69. The summed E-state index contributed by atoms with van der Waals surface area (Å²) in [6, 6.07) is 3.27. The zero-order chi connectivity index (χ0) is 17.6. The number of hydrogen-bond donors (Lipinski definition) is 2. The second-order valence-electron chi connectivity index (χ2n) is 6.52. The van der Waals surface area contributed by atoms with Crippen LogP contribution in [0.15, 0.2) is 22.1 Å². The van der Waals surface area contributed by atoms with E-state index in [1.165, 1.54) is 0 Å². The van der Waals surface area contributed by atoms with E-state index in [0.717, 1.165) is 18.7 Å². The number of hydrogen-bond acceptors (Lipinski definition) is 6. The summed E-state index contributed by atoms with van der Waals surface area (Å²) in [4.78, 5) is 21.8. The van der Waals surface area contributed by atoms with Gasteiger partial charge in [-0.25, -0.2) is 10.0 Å². The average molecular weight is 343 g/mol. The molecule has 0 saturated carbocycles. The van der Waals surface area contributed by atoms with Crippen LogP contribution in [-0.2, 0) is 4.79 Å². The number of amides is 1. The molecule has 3 aliphatic heterocycles. The van der Waals surface area contributed by atoms with E-state index < -0.39 is 0 Å². The van der Waals surface area contributed by atoms with Crippen LogP contribution in [0.1, 0.15) is 20.3 Å². The molecule has 0 aromatic heterocycles. The fourth-order valence-electron chi connectivity index (χ4n) is 3.23. The standard InChI is InChI=1S/C17H21N5O3/c1-10(2)19-16-15(17(24)22-6-3-5-21(16)22)20-11-9-14-12(8-13(11)23)18-4-7-25-14/h8-10,18,23H,3-7H2,1-2H3. The molecule has 3 aliphatic rings. The van der Waals surface area contributed by atoms with Crippen molar-refractivity contribution in [2.24, 2.45) is 9.98 Å². The molecule has 0 atom stereocenters. The first kappa shape index (κ1) is 15.7. The summed E-state index contributed by atoms with van der Waals surface area (Å²) in [5.41, 5.74) is 1.31. The molecule has 1 aromatic rings. The normalized spacial score (nSPS) is 22.4. The minimum absolute atomic E-state index is 0.00278. The zero-order valence-corrected chi connectivity index (χ0v) is 14.3. The third-order valence-corrected chi connectivity index (χ3v) is 4.29. The van der Waals surface area contributed by atoms with Crippen LogP contribution >= 0.6 is 0 Å². The van der Waals surface area contributed by atoms with E-state index in [9.17, 15) is 9.90 Å². The number of benzene rings is 1. The quantitative estimate of drug-likeness (QED) is 0.850. The first-order valence-corrected chi connectivity index (χ1v) is 8.54. The van der Waals surface area contributed by atoms with E-state index in [-0.39, 0.29) is 23.4 Å². The van der Waals surface area contributed by atoms with Gasteiger partial charge >= 0.3 is 0 Å². The fourth-order valence-corrected chi connectivity index (χ4v) is 3.23. The number of fused-ring (bicyclic) bond motifs is 2. The lowest BCUT2D eigenvalue weighted by Gasteiger charge is -2.20. The van der Waals surface area contributed by atoms with Crippen LogP contribution in [0.4, 0.5) is 11.4 Å². The highest BCUT2D eigenvalue weighted by Gasteiger charge is 2.43. The van der Waals surface area contributed by atoms with Gasteiger partial charge in [-0.3, -0.25) is 14.8 Å². The van der Waals surface area contributed by atoms with Crippen LogP contribution in [0, 0.1) is 0 Å². The molecule has 4 rings (SSSR count). The molecule has 0 spiro atoms. The van der Waals surface area contributed by atoms with E-state index in [1.807, 2.05) is 18.9 Å². The van der Waals surface area contributed by atoms with E-state index in [1.54, 1.807) is 17.1 Å². The van der Waals surface area contributed by atoms with Gasteiger partial charge in [-0.15, -0.1) is 0 Å². The molecule has 2 N–H and O–H groups in total. The van der Waals surface area contributed by atoms with Crippen molar-refractivity contribution in [2.75, 3.05) is 31.6 Å². The number of carbonyl (C=O) groups is 1. The topological polar surface area (TPSA) is 89.8 Å². The van der Waals surface area contributed by atoms with Crippen LogP contribution in [0.25, 0.3) is 0 Å². The van der Waals surface area contributed by atoms with Crippen LogP contribution in [0.3, 0.4) is 0 Å². The lowest BCUT2D eigenvalue weighted by atomic mass is 10.2. The maximum atomic E-state index is 12.7. The van der Waals surface area contributed by atoms with Crippen LogP contribution in [0.2, 0.25) is 0 Å². The molecular formula is C17H21N5O3. The lowest BCUT2D eigenvalue weighted by Crippen LogP contribution is -2.34. The predicted octanol–water partition coefficient (Wildman–Crippen LogP) is 1.54. The highest BCUT2D eigenvalue weighted by Crippen LogP contribution is 2.39. The SMILES string of the molecule is CC(C)N=C1C(=Nc2cc3c(cc2O)NCCO3)C(=O)N2CCCN12. The van der Waals surface area contributed by atoms with Crippen molar-refractivity contribution in [3.05, 3.63) is 12.1 Å². The molecule has 2 saturated heterocycles. The van der Waals surface area contributed by atoms with Gasteiger partial charge in [0.15, 0.2) is 11.5 Å². The Hall–Kier alpha value is -2.77. The molecule has 1 amide bonds. The number of rotatable bonds is 2.